The third kappa shape index (κ3) is 3.83. The molecule has 0 amide bonds. The Kier molecular flexibility index (Phi) is 5.80. The number of carbonyl (C=O) groups is 1. The van der Waals surface area contributed by atoms with E-state index in [1.54, 1.807) is 4.68 Å². The van der Waals surface area contributed by atoms with E-state index < -0.39 is 0 Å². The van der Waals surface area contributed by atoms with E-state index in [0.717, 1.165) is 38.9 Å². The van der Waals surface area contributed by atoms with Gasteiger partial charge in [-0.15, -0.1) is 16.7 Å². The summed E-state index contributed by atoms with van der Waals surface area (Å²) in [5.74, 6) is 0.0979. The lowest BCUT2D eigenvalue weighted by atomic mass is 9.84. The lowest BCUT2D eigenvalue weighted by Gasteiger charge is -2.21. The molecule has 0 bridgehead atoms. The Labute approximate surface area is 164 Å². The van der Waals surface area contributed by atoms with E-state index in [-0.39, 0.29) is 18.3 Å². The van der Waals surface area contributed by atoms with E-state index in [4.69, 9.17) is 16.3 Å². The molecule has 0 radical (unpaired) electrons. The van der Waals surface area contributed by atoms with Gasteiger partial charge in [0.1, 0.15) is 5.52 Å². The van der Waals surface area contributed by atoms with Gasteiger partial charge in [0, 0.05) is 18.8 Å². The summed E-state index contributed by atoms with van der Waals surface area (Å²) in [5, 5.41) is 8.41. The molecule has 0 aliphatic rings. The van der Waals surface area contributed by atoms with Gasteiger partial charge in [-0.05, 0) is 54.7 Å². The number of ether oxygens (including phenoxy) is 1. The van der Waals surface area contributed by atoms with Crippen LogP contribution in [0.4, 0.5) is 0 Å². The summed E-state index contributed by atoms with van der Waals surface area (Å²) in [7, 11) is 1.87. The van der Waals surface area contributed by atoms with E-state index in [1.165, 1.54) is 0 Å². The molecule has 0 aliphatic carbocycles. The number of nitrogens with zero attached hydrogens (tertiary/aromatic N) is 3. The predicted molar refractivity (Wildman–Crippen MR) is 107 cm³/mol. The number of rotatable bonds is 6. The van der Waals surface area contributed by atoms with Crippen LogP contribution in [-0.2, 0) is 22.5 Å². The van der Waals surface area contributed by atoms with Gasteiger partial charge < -0.3 is 4.74 Å². The molecule has 1 heterocycles. The van der Waals surface area contributed by atoms with Crippen molar-refractivity contribution < 1.29 is 9.53 Å². The number of benzene rings is 2. The van der Waals surface area contributed by atoms with Gasteiger partial charge in [-0.2, -0.15) is 0 Å². The van der Waals surface area contributed by atoms with E-state index in [2.05, 4.69) is 34.6 Å². The molecule has 27 heavy (non-hydrogen) atoms. The number of carbonyl (C=O) groups excluding carboxylic acids is 1. The van der Waals surface area contributed by atoms with Crippen molar-refractivity contribution >= 4 is 28.6 Å². The van der Waals surface area contributed by atoms with E-state index in [9.17, 15) is 4.79 Å². The van der Waals surface area contributed by atoms with Crippen LogP contribution in [0.2, 0.25) is 0 Å². The first-order valence-electron chi connectivity index (χ1n) is 9.06. The zero-order valence-corrected chi connectivity index (χ0v) is 16.9. The van der Waals surface area contributed by atoms with Gasteiger partial charge in [-0.3, -0.25) is 4.79 Å². The minimum Gasteiger partial charge on any atom is -0.466 e. The average Bonchev–Trinajstić information content (AvgIpc) is 3.03. The summed E-state index contributed by atoms with van der Waals surface area (Å²) >= 11 is 6.11. The van der Waals surface area contributed by atoms with Crippen molar-refractivity contribution in [1.29, 1.82) is 0 Å². The molecule has 0 spiro atoms. The van der Waals surface area contributed by atoms with Crippen molar-refractivity contribution in [2.75, 3.05) is 6.61 Å². The van der Waals surface area contributed by atoms with Crippen LogP contribution in [0.1, 0.15) is 47.1 Å². The van der Waals surface area contributed by atoms with Crippen LogP contribution in [0.5, 0.6) is 0 Å². The van der Waals surface area contributed by atoms with Crippen LogP contribution in [0.3, 0.4) is 0 Å². The molecule has 0 saturated heterocycles. The third-order valence-corrected chi connectivity index (χ3v) is 5.34. The van der Waals surface area contributed by atoms with E-state index >= 15 is 0 Å². The van der Waals surface area contributed by atoms with Crippen molar-refractivity contribution in [3.8, 4) is 0 Å². The highest BCUT2D eigenvalue weighted by atomic mass is 35.5. The molecule has 6 heteroatoms. The minimum absolute atomic E-state index is 0.127. The SMILES string of the molecule is CCOC(=O)CC(c1ccc(C)c(CCl)c1)c1ccc2c(nnn2C)c1C. The van der Waals surface area contributed by atoms with Gasteiger partial charge in [-0.25, -0.2) is 4.68 Å². The van der Waals surface area contributed by atoms with Gasteiger partial charge in [0.2, 0.25) is 0 Å². The minimum atomic E-state index is -0.214. The molecule has 0 saturated carbocycles. The molecule has 3 rings (SSSR count). The summed E-state index contributed by atoms with van der Waals surface area (Å²) in [4.78, 5) is 12.3. The summed E-state index contributed by atoms with van der Waals surface area (Å²) in [6, 6.07) is 10.3. The van der Waals surface area contributed by atoms with Gasteiger partial charge >= 0.3 is 5.97 Å². The highest BCUT2D eigenvalue weighted by Gasteiger charge is 2.23. The van der Waals surface area contributed by atoms with Crippen molar-refractivity contribution in [1.82, 2.24) is 15.0 Å². The number of halogens is 1. The van der Waals surface area contributed by atoms with Crippen molar-refractivity contribution in [2.24, 2.45) is 7.05 Å². The van der Waals surface area contributed by atoms with Gasteiger partial charge in [0.15, 0.2) is 0 Å². The zero-order chi connectivity index (χ0) is 19.6. The average molecular weight is 386 g/mol. The lowest BCUT2D eigenvalue weighted by molar-refractivity contribution is -0.143. The molecule has 1 atom stereocenters. The maximum Gasteiger partial charge on any atom is 0.306 e. The second kappa shape index (κ2) is 8.09. The highest BCUT2D eigenvalue weighted by molar-refractivity contribution is 6.17. The number of alkyl halides is 1. The smallest absolute Gasteiger partial charge is 0.306 e. The molecule has 5 nitrogen and oxygen atoms in total. The molecule has 2 aromatic carbocycles. The molecule has 142 valence electrons. The second-order valence-electron chi connectivity index (χ2n) is 6.74. The molecule has 0 aliphatic heterocycles. The van der Waals surface area contributed by atoms with Crippen molar-refractivity contribution in [3.05, 3.63) is 58.1 Å². The lowest BCUT2D eigenvalue weighted by Crippen LogP contribution is -2.13. The third-order valence-electron chi connectivity index (χ3n) is 5.05. The summed E-state index contributed by atoms with van der Waals surface area (Å²) in [6.45, 7) is 6.26. The van der Waals surface area contributed by atoms with Gasteiger partial charge in [0.25, 0.3) is 0 Å². The molecule has 0 N–H and O–H groups in total. The van der Waals surface area contributed by atoms with Crippen LogP contribution in [0.15, 0.2) is 30.3 Å². The van der Waals surface area contributed by atoms with Crippen LogP contribution in [0.25, 0.3) is 11.0 Å². The van der Waals surface area contributed by atoms with E-state index in [1.807, 2.05) is 33.9 Å². The van der Waals surface area contributed by atoms with Crippen LogP contribution in [0, 0.1) is 13.8 Å². The quantitative estimate of drug-likeness (QED) is 0.466. The monoisotopic (exact) mass is 385 g/mol. The second-order valence-corrected chi connectivity index (χ2v) is 7.01. The summed E-state index contributed by atoms with van der Waals surface area (Å²) < 4.78 is 6.98. The molecular formula is C21H24ClN3O2. The summed E-state index contributed by atoms with van der Waals surface area (Å²) in [6.07, 6.45) is 0.269. The fourth-order valence-electron chi connectivity index (χ4n) is 3.47. The highest BCUT2D eigenvalue weighted by Crippen LogP contribution is 2.34. The van der Waals surface area contributed by atoms with Crippen LogP contribution >= 0.6 is 11.6 Å². The normalized spacial score (nSPS) is 12.3. The number of aromatic nitrogens is 3. The number of hydrogen-bond donors (Lipinski definition) is 0. The van der Waals surface area contributed by atoms with Crippen LogP contribution < -0.4 is 0 Å². The predicted octanol–water partition coefficient (Wildman–Crippen LogP) is 4.41. The Bertz CT molecular complexity index is 981. The van der Waals surface area contributed by atoms with Gasteiger partial charge in [0.05, 0.1) is 18.5 Å². The Morgan fingerprint density at radius 3 is 2.74 bits per heavy atom. The van der Waals surface area contributed by atoms with E-state index in [0.29, 0.717) is 12.5 Å². The fourth-order valence-corrected chi connectivity index (χ4v) is 3.76. The largest absolute Gasteiger partial charge is 0.466 e. The zero-order valence-electron chi connectivity index (χ0n) is 16.1. The standard InChI is InChI=1S/C21H24ClN3O2/c1-5-27-20(26)11-18(15-7-6-13(2)16(10-15)12-22)17-8-9-19-21(14(17)3)23-24-25(19)4/h6-10,18H,5,11-12H2,1-4H3. The first kappa shape index (κ1) is 19.4. The number of aryl methyl sites for hydroxylation is 3. The first-order chi connectivity index (χ1) is 13.0. The topological polar surface area (TPSA) is 57.0 Å². The molecular weight excluding hydrogens is 362 g/mol. The number of esters is 1. The maximum atomic E-state index is 12.3. The number of fused-ring (bicyclic) bond motifs is 1. The number of hydrogen-bond acceptors (Lipinski definition) is 4. The van der Waals surface area contributed by atoms with Crippen molar-refractivity contribution in [2.45, 2.75) is 39.0 Å². The maximum absolute atomic E-state index is 12.3. The Balaban J connectivity index is 2.12. The fraction of sp³-hybridized carbons (Fsp3) is 0.381. The molecule has 0 fully saturated rings. The Hall–Kier alpha value is -2.40. The molecule has 3 aromatic rings. The van der Waals surface area contributed by atoms with Gasteiger partial charge in [-0.1, -0.05) is 29.5 Å². The first-order valence-corrected chi connectivity index (χ1v) is 9.59. The summed E-state index contributed by atoms with van der Waals surface area (Å²) in [5.41, 5.74) is 7.18. The Morgan fingerprint density at radius 1 is 1.26 bits per heavy atom. The van der Waals surface area contributed by atoms with Crippen LogP contribution in [-0.4, -0.2) is 27.6 Å². The van der Waals surface area contributed by atoms with Crippen molar-refractivity contribution in [3.63, 3.8) is 0 Å². The molecule has 1 aromatic heterocycles. The Morgan fingerprint density at radius 2 is 2.04 bits per heavy atom. The molecule has 1 unspecified atom stereocenters.